The summed E-state index contributed by atoms with van der Waals surface area (Å²) in [6, 6.07) is 3.95. The first-order valence-electron chi connectivity index (χ1n) is 14.2. The number of imidazole rings is 1. The topological polar surface area (TPSA) is 134 Å². The molecule has 1 fully saturated rings. The van der Waals surface area contributed by atoms with Crippen molar-refractivity contribution in [2.45, 2.75) is 20.3 Å². The third-order valence-corrected chi connectivity index (χ3v) is 7.59. The van der Waals surface area contributed by atoms with Gasteiger partial charge in [0.05, 0.1) is 16.6 Å². The molecule has 0 aromatic carbocycles. The monoisotopic (exact) mass is 565 g/mol. The number of aromatic amines is 2. The molecule has 6 heterocycles. The first-order valence-corrected chi connectivity index (χ1v) is 14.2. The number of nitrogens with zero attached hydrogens (tertiary/aromatic N) is 8. The number of piperazine rings is 1. The molecule has 0 atom stereocenters. The van der Waals surface area contributed by atoms with Crippen LogP contribution in [0.1, 0.15) is 31.4 Å². The van der Waals surface area contributed by atoms with E-state index in [4.69, 9.17) is 4.98 Å². The van der Waals surface area contributed by atoms with Crippen molar-refractivity contribution in [3.05, 3.63) is 65.9 Å². The van der Waals surface area contributed by atoms with Crippen LogP contribution in [0.3, 0.4) is 0 Å². The van der Waals surface area contributed by atoms with Gasteiger partial charge in [0.25, 0.3) is 0 Å². The lowest BCUT2D eigenvalue weighted by atomic mass is 10.0. The van der Waals surface area contributed by atoms with E-state index in [1.807, 2.05) is 49.5 Å². The van der Waals surface area contributed by atoms with Crippen molar-refractivity contribution in [2.24, 2.45) is 4.99 Å². The van der Waals surface area contributed by atoms with Gasteiger partial charge in [-0.05, 0) is 49.7 Å². The number of aromatic nitrogens is 6. The highest BCUT2D eigenvalue weighted by atomic mass is 16.2. The maximum atomic E-state index is 12.9. The van der Waals surface area contributed by atoms with E-state index < -0.39 is 0 Å². The second kappa shape index (κ2) is 11.6. The Balaban J connectivity index is 1.31. The number of hydrogen-bond acceptors (Lipinski definition) is 8. The van der Waals surface area contributed by atoms with Crippen molar-refractivity contribution in [2.75, 3.05) is 46.8 Å². The van der Waals surface area contributed by atoms with E-state index in [1.165, 1.54) is 0 Å². The van der Waals surface area contributed by atoms with Gasteiger partial charge in [0.2, 0.25) is 0 Å². The standard InChI is InChI=1S/C30H35N11O/c1-5-8-31-24(6-2)22-7-9-32-28-25(22)35-29(36-28)26-23-15-19(16-33-27(23)38-37-26)20-14-21(18-40(4)17-20)34-30(42)41-12-10-39(3)11-13-41/h5,7-9,14-16,18H,6,10-13,17H2,1-4H3,(H,34,42)(H,32,35,36)(H,33,37,38)/b8-5-,31-24?. The van der Waals surface area contributed by atoms with Gasteiger partial charge < -0.3 is 25.0 Å². The Morgan fingerprint density at radius 1 is 1.17 bits per heavy atom. The number of aliphatic imine (C=N–C) groups is 1. The summed E-state index contributed by atoms with van der Waals surface area (Å²) < 4.78 is 0. The van der Waals surface area contributed by atoms with Gasteiger partial charge in [0, 0.05) is 75.8 Å². The first-order chi connectivity index (χ1) is 20.4. The zero-order valence-corrected chi connectivity index (χ0v) is 24.3. The summed E-state index contributed by atoms with van der Waals surface area (Å²) in [4.78, 5) is 41.1. The molecule has 2 amide bonds. The SMILES string of the molecule is C/C=C\N=C(CC)c1ccnc2nc(-c3[nH]nc4ncc(C5=CC(NC(=O)N6CCN(C)CC6)=CN(C)C5)cc34)[nH]c12. The number of carbonyl (C=O) groups is 1. The van der Waals surface area contributed by atoms with Crippen LogP contribution < -0.4 is 5.32 Å². The fourth-order valence-electron chi connectivity index (χ4n) is 5.32. The molecule has 3 N–H and O–H groups in total. The number of pyridine rings is 2. The van der Waals surface area contributed by atoms with E-state index in [9.17, 15) is 4.79 Å². The number of allylic oxidation sites excluding steroid dienone is 2. The Kier molecular flexibility index (Phi) is 7.53. The molecule has 6 rings (SSSR count). The van der Waals surface area contributed by atoms with Crippen LogP contribution in [0.15, 0.2) is 59.8 Å². The van der Waals surface area contributed by atoms with Crippen LogP contribution in [0.4, 0.5) is 4.79 Å². The van der Waals surface area contributed by atoms with Gasteiger partial charge in [-0.15, -0.1) is 0 Å². The van der Waals surface area contributed by atoms with Gasteiger partial charge >= 0.3 is 6.03 Å². The number of carbonyl (C=O) groups excluding carboxylic acids is 1. The van der Waals surface area contributed by atoms with Crippen molar-refractivity contribution in [1.29, 1.82) is 0 Å². The van der Waals surface area contributed by atoms with Gasteiger partial charge in [0.1, 0.15) is 5.69 Å². The second-order valence-electron chi connectivity index (χ2n) is 10.6. The van der Waals surface area contributed by atoms with Crippen LogP contribution in [0.5, 0.6) is 0 Å². The number of likely N-dealkylation sites (N-methyl/N-ethyl adjacent to an activating group) is 2. The molecular formula is C30H35N11O. The van der Waals surface area contributed by atoms with Crippen LogP contribution in [0.25, 0.3) is 39.3 Å². The molecule has 0 saturated carbocycles. The number of urea groups is 1. The van der Waals surface area contributed by atoms with Gasteiger partial charge in [-0.2, -0.15) is 5.10 Å². The molecule has 2 aliphatic rings. The molecule has 4 aromatic heterocycles. The number of rotatable bonds is 6. The van der Waals surface area contributed by atoms with E-state index in [0.29, 0.717) is 36.8 Å². The van der Waals surface area contributed by atoms with Crippen molar-refractivity contribution >= 4 is 39.5 Å². The normalized spacial score (nSPS) is 16.9. The molecule has 4 aromatic rings. The van der Waals surface area contributed by atoms with E-state index in [1.54, 1.807) is 12.4 Å². The summed E-state index contributed by atoms with van der Waals surface area (Å²) in [5, 5.41) is 11.5. The Bertz CT molecular complexity index is 1750. The molecule has 0 aliphatic carbocycles. The fourth-order valence-corrected chi connectivity index (χ4v) is 5.32. The minimum Gasteiger partial charge on any atom is -0.374 e. The van der Waals surface area contributed by atoms with Crippen LogP contribution in [0.2, 0.25) is 0 Å². The van der Waals surface area contributed by atoms with E-state index in [-0.39, 0.29) is 6.03 Å². The van der Waals surface area contributed by atoms with Gasteiger partial charge in [-0.25, -0.2) is 19.7 Å². The third kappa shape index (κ3) is 5.40. The smallest absolute Gasteiger partial charge is 0.321 e. The number of nitrogens with one attached hydrogen (secondary N) is 3. The van der Waals surface area contributed by atoms with Crippen molar-refractivity contribution in [3.8, 4) is 11.5 Å². The molecule has 0 radical (unpaired) electrons. The van der Waals surface area contributed by atoms with Gasteiger partial charge in [0.15, 0.2) is 17.1 Å². The summed E-state index contributed by atoms with van der Waals surface area (Å²) in [5.74, 6) is 0.627. The molecule has 42 heavy (non-hydrogen) atoms. The van der Waals surface area contributed by atoms with E-state index in [0.717, 1.165) is 64.2 Å². The third-order valence-electron chi connectivity index (χ3n) is 7.59. The lowest BCUT2D eigenvalue weighted by Crippen LogP contribution is -2.50. The molecular weight excluding hydrogens is 530 g/mol. The maximum Gasteiger partial charge on any atom is 0.321 e. The maximum absolute atomic E-state index is 12.9. The summed E-state index contributed by atoms with van der Waals surface area (Å²) >= 11 is 0. The number of hydrogen-bond donors (Lipinski definition) is 3. The lowest BCUT2D eigenvalue weighted by Gasteiger charge is -2.33. The summed E-state index contributed by atoms with van der Waals surface area (Å²) in [6.07, 6.45) is 12.0. The molecule has 1 saturated heterocycles. The van der Waals surface area contributed by atoms with Crippen molar-refractivity contribution in [1.82, 2.24) is 50.1 Å². The highest BCUT2D eigenvalue weighted by Gasteiger charge is 2.22. The van der Waals surface area contributed by atoms with Crippen molar-refractivity contribution < 1.29 is 4.79 Å². The van der Waals surface area contributed by atoms with Crippen LogP contribution >= 0.6 is 0 Å². The number of H-pyrrole nitrogens is 2. The average molecular weight is 566 g/mol. The molecule has 216 valence electrons. The fraction of sp³-hybridized carbons (Fsp3) is 0.333. The van der Waals surface area contributed by atoms with E-state index >= 15 is 0 Å². The molecule has 0 unspecified atom stereocenters. The molecule has 0 bridgehead atoms. The minimum atomic E-state index is -0.0780. The van der Waals surface area contributed by atoms with Gasteiger partial charge in [-0.1, -0.05) is 13.0 Å². The van der Waals surface area contributed by atoms with E-state index in [2.05, 4.69) is 65.3 Å². The predicted octanol–water partition coefficient (Wildman–Crippen LogP) is 3.76. The Morgan fingerprint density at radius 2 is 2.00 bits per heavy atom. The Hall–Kier alpha value is -4.84. The average Bonchev–Trinajstić information content (AvgIpc) is 3.61. The van der Waals surface area contributed by atoms with Crippen LogP contribution in [-0.4, -0.2) is 103 Å². The Labute approximate surface area is 243 Å². The van der Waals surface area contributed by atoms with Gasteiger partial charge in [-0.3, -0.25) is 10.1 Å². The Morgan fingerprint density at radius 3 is 2.79 bits per heavy atom. The largest absolute Gasteiger partial charge is 0.374 e. The molecule has 12 heteroatoms. The number of amides is 2. The van der Waals surface area contributed by atoms with Crippen LogP contribution in [0, 0.1) is 0 Å². The van der Waals surface area contributed by atoms with Crippen molar-refractivity contribution in [3.63, 3.8) is 0 Å². The summed E-state index contributed by atoms with van der Waals surface area (Å²) in [5.41, 5.74) is 7.41. The van der Waals surface area contributed by atoms with Crippen LogP contribution in [-0.2, 0) is 0 Å². The molecule has 2 aliphatic heterocycles. The minimum absolute atomic E-state index is 0.0780. The number of fused-ring (bicyclic) bond motifs is 2. The summed E-state index contributed by atoms with van der Waals surface area (Å²) in [7, 11) is 4.07. The second-order valence-corrected chi connectivity index (χ2v) is 10.6. The highest BCUT2D eigenvalue weighted by Crippen LogP contribution is 2.30. The zero-order valence-electron chi connectivity index (χ0n) is 24.3. The molecule has 12 nitrogen and oxygen atoms in total. The molecule has 0 spiro atoms. The summed E-state index contributed by atoms with van der Waals surface area (Å²) in [6.45, 7) is 7.88. The first kappa shape index (κ1) is 27.3. The predicted molar refractivity (Wildman–Crippen MR) is 165 cm³/mol. The zero-order chi connectivity index (χ0) is 29.2. The quantitative estimate of drug-likeness (QED) is 0.303. The lowest BCUT2D eigenvalue weighted by molar-refractivity contribution is 0.156. The highest BCUT2D eigenvalue weighted by molar-refractivity contribution is 6.09.